The van der Waals surface area contributed by atoms with Gasteiger partial charge in [-0.3, -0.25) is 0 Å². The van der Waals surface area contributed by atoms with Crippen molar-refractivity contribution in [3.8, 4) is 0 Å². The SMILES string of the molecule is CCC1CN(CC(CBr)c2ccccc2)CCS1. The topological polar surface area (TPSA) is 3.24 Å². The Labute approximate surface area is 123 Å². The van der Waals surface area contributed by atoms with E-state index in [4.69, 9.17) is 0 Å². The van der Waals surface area contributed by atoms with Crippen LogP contribution in [0.1, 0.15) is 24.8 Å². The summed E-state index contributed by atoms with van der Waals surface area (Å²) in [4.78, 5) is 2.64. The van der Waals surface area contributed by atoms with Gasteiger partial charge < -0.3 is 4.90 Å². The van der Waals surface area contributed by atoms with Crippen molar-refractivity contribution in [3.63, 3.8) is 0 Å². The maximum Gasteiger partial charge on any atom is 0.0172 e. The van der Waals surface area contributed by atoms with Gasteiger partial charge in [0, 0.05) is 41.9 Å². The van der Waals surface area contributed by atoms with Crippen LogP contribution in [-0.2, 0) is 0 Å². The third kappa shape index (κ3) is 4.01. The minimum Gasteiger partial charge on any atom is -0.301 e. The number of thioether (sulfide) groups is 1. The first-order valence-corrected chi connectivity index (χ1v) is 8.95. The Balaban J connectivity index is 1.94. The quantitative estimate of drug-likeness (QED) is 0.752. The monoisotopic (exact) mass is 327 g/mol. The van der Waals surface area contributed by atoms with Crippen LogP contribution in [0.25, 0.3) is 0 Å². The molecule has 1 aliphatic heterocycles. The summed E-state index contributed by atoms with van der Waals surface area (Å²) in [7, 11) is 0. The lowest BCUT2D eigenvalue weighted by Gasteiger charge is -2.34. The molecule has 0 aliphatic carbocycles. The van der Waals surface area contributed by atoms with E-state index in [0.717, 1.165) is 10.6 Å². The molecule has 1 aliphatic rings. The first-order chi connectivity index (χ1) is 8.83. The van der Waals surface area contributed by atoms with E-state index in [-0.39, 0.29) is 0 Å². The predicted octanol–water partition coefficient (Wildman–Crippen LogP) is 3.99. The largest absolute Gasteiger partial charge is 0.301 e. The Hall–Kier alpha value is 0.01000. The van der Waals surface area contributed by atoms with Crippen LogP contribution < -0.4 is 0 Å². The van der Waals surface area contributed by atoms with Crippen molar-refractivity contribution in [2.75, 3.05) is 30.7 Å². The first kappa shape index (κ1) is 14.4. The van der Waals surface area contributed by atoms with Gasteiger partial charge in [-0.1, -0.05) is 53.2 Å². The summed E-state index contributed by atoms with van der Waals surface area (Å²) in [6, 6.07) is 10.9. The average Bonchev–Trinajstić information content (AvgIpc) is 2.46. The molecule has 2 unspecified atom stereocenters. The molecule has 1 nitrogen and oxygen atoms in total. The number of rotatable bonds is 5. The lowest BCUT2D eigenvalue weighted by Crippen LogP contribution is -2.40. The zero-order valence-electron chi connectivity index (χ0n) is 11.0. The second-order valence-corrected chi connectivity index (χ2v) is 6.98. The van der Waals surface area contributed by atoms with Crippen LogP contribution in [0.15, 0.2) is 30.3 Å². The highest BCUT2D eigenvalue weighted by molar-refractivity contribution is 9.09. The van der Waals surface area contributed by atoms with Crippen molar-refractivity contribution in [3.05, 3.63) is 35.9 Å². The van der Waals surface area contributed by atoms with Crippen molar-refractivity contribution >= 4 is 27.7 Å². The number of benzene rings is 1. The summed E-state index contributed by atoms with van der Waals surface area (Å²) in [6.07, 6.45) is 1.30. The zero-order chi connectivity index (χ0) is 12.8. The minimum absolute atomic E-state index is 0.617. The van der Waals surface area contributed by atoms with Crippen molar-refractivity contribution in [1.29, 1.82) is 0 Å². The van der Waals surface area contributed by atoms with Crippen LogP contribution in [0.3, 0.4) is 0 Å². The fourth-order valence-corrected chi connectivity index (χ4v) is 4.30. The first-order valence-electron chi connectivity index (χ1n) is 6.78. The molecule has 0 amide bonds. The normalized spacial score (nSPS) is 22.9. The number of nitrogens with zero attached hydrogens (tertiary/aromatic N) is 1. The van der Waals surface area contributed by atoms with Gasteiger partial charge in [-0.05, 0) is 12.0 Å². The lowest BCUT2D eigenvalue weighted by molar-refractivity contribution is 0.269. The maximum absolute atomic E-state index is 3.68. The van der Waals surface area contributed by atoms with Crippen LogP contribution in [0.4, 0.5) is 0 Å². The molecule has 18 heavy (non-hydrogen) atoms. The van der Waals surface area contributed by atoms with E-state index in [0.29, 0.717) is 5.92 Å². The Morgan fingerprint density at radius 2 is 2.17 bits per heavy atom. The van der Waals surface area contributed by atoms with Crippen LogP contribution >= 0.6 is 27.7 Å². The van der Waals surface area contributed by atoms with Crippen molar-refractivity contribution in [2.24, 2.45) is 0 Å². The molecule has 1 aromatic rings. The summed E-state index contributed by atoms with van der Waals surface area (Å²) in [6.45, 7) is 6.00. The Morgan fingerprint density at radius 1 is 1.39 bits per heavy atom. The van der Waals surface area contributed by atoms with Gasteiger partial charge in [0.05, 0.1) is 0 Å². The third-order valence-corrected chi connectivity index (χ3v) is 5.77. The second kappa shape index (κ2) is 7.56. The summed E-state index contributed by atoms with van der Waals surface area (Å²) in [5, 5.41) is 1.89. The van der Waals surface area contributed by atoms with Crippen LogP contribution in [0, 0.1) is 0 Å². The molecule has 0 bridgehead atoms. The van der Waals surface area contributed by atoms with Crippen LogP contribution in [0.5, 0.6) is 0 Å². The smallest absolute Gasteiger partial charge is 0.0172 e. The van der Waals surface area contributed by atoms with E-state index in [2.05, 4.69) is 69.8 Å². The van der Waals surface area contributed by atoms with E-state index >= 15 is 0 Å². The fraction of sp³-hybridized carbons (Fsp3) is 0.600. The van der Waals surface area contributed by atoms with Crippen molar-refractivity contribution < 1.29 is 0 Å². The lowest BCUT2D eigenvalue weighted by atomic mass is 10.0. The Bertz CT molecular complexity index is 344. The van der Waals surface area contributed by atoms with Gasteiger partial charge in [-0.25, -0.2) is 0 Å². The molecule has 1 aromatic carbocycles. The molecule has 1 fully saturated rings. The molecular weight excluding hydrogens is 306 g/mol. The highest BCUT2D eigenvalue weighted by Gasteiger charge is 2.21. The molecule has 2 rings (SSSR count). The molecule has 0 spiro atoms. The van der Waals surface area contributed by atoms with E-state index in [1.807, 2.05) is 0 Å². The van der Waals surface area contributed by atoms with Gasteiger partial charge in [0.1, 0.15) is 0 Å². The van der Waals surface area contributed by atoms with Crippen molar-refractivity contribution in [2.45, 2.75) is 24.5 Å². The van der Waals surface area contributed by atoms with Gasteiger partial charge in [0.15, 0.2) is 0 Å². The molecule has 1 saturated heterocycles. The maximum atomic E-state index is 3.68. The summed E-state index contributed by atoms with van der Waals surface area (Å²) >= 11 is 5.82. The summed E-state index contributed by atoms with van der Waals surface area (Å²) in [5.41, 5.74) is 1.46. The average molecular weight is 328 g/mol. The minimum atomic E-state index is 0.617. The highest BCUT2D eigenvalue weighted by atomic mass is 79.9. The third-order valence-electron chi connectivity index (χ3n) is 3.61. The Kier molecular flexibility index (Phi) is 6.06. The predicted molar refractivity (Wildman–Crippen MR) is 86.0 cm³/mol. The summed E-state index contributed by atoms with van der Waals surface area (Å²) in [5.74, 6) is 1.91. The van der Waals surface area contributed by atoms with Gasteiger partial charge in [-0.15, -0.1) is 0 Å². The van der Waals surface area contributed by atoms with E-state index in [1.165, 1.54) is 37.4 Å². The van der Waals surface area contributed by atoms with Gasteiger partial charge in [0.2, 0.25) is 0 Å². The molecule has 3 heteroatoms. The molecular formula is C15H22BrNS. The fourth-order valence-electron chi connectivity index (χ4n) is 2.47. The number of halogens is 1. The second-order valence-electron chi connectivity index (χ2n) is 4.92. The van der Waals surface area contributed by atoms with E-state index in [9.17, 15) is 0 Å². The molecule has 0 saturated carbocycles. The van der Waals surface area contributed by atoms with E-state index in [1.54, 1.807) is 0 Å². The molecule has 0 radical (unpaired) electrons. The number of hydrogen-bond acceptors (Lipinski definition) is 2. The number of alkyl halides is 1. The molecule has 1 heterocycles. The zero-order valence-corrected chi connectivity index (χ0v) is 13.4. The Morgan fingerprint density at radius 3 is 2.83 bits per heavy atom. The van der Waals surface area contributed by atoms with Gasteiger partial charge in [0.25, 0.3) is 0 Å². The number of hydrogen-bond donors (Lipinski definition) is 0. The van der Waals surface area contributed by atoms with E-state index < -0.39 is 0 Å². The highest BCUT2D eigenvalue weighted by Crippen LogP contribution is 2.25. The molecule has 2 atom stereocenters. The summed E-state index contributed by atoms with van der Waals surface area (Å²) < 4.78 is 0. The molecule has 100 valence electrons. The van der Waals surface area contributed by atoms with Crippen molar-refractivity contribution in [1.82, 2.24) is 4.90 Å². The van der Waals surface area contributed by atoms with Gasteiger partial charge >= 0.3 is 0 Å². The van der Waals surface area contributed by atoms with Crippen LogP contribution in [0.2, 0.25) is 0 Å². The standard InChI is InChI=1S/C15H22BrNS/c1-2-15-12-17(8-9-18-15)11-14(10-16)13-6-4-3-5-7-13/h3-7,14-15H,2,8-12H2,1H3. The van der Waals surface area contributed by atoms with Gasteiger partial charge in [-0.2, -0.15) is 11.8 Å². The molecule has 0 aromatic heterocycles. The molecule has 0 N–H and O–H groups in total. The van der Waals surface area contributed by atoms with Crippen LogP contribution in [-0.4, -0.2) is 40.9 Å².